The third kappa shape index (κ3) is 4.49. The van der Waals surface area contributed by atoms with Gasteiger partial charge in [-0.05, 0) is 42.8 Å². The maximum absolute atomic E-state index is 12.4. The molecule has 0 saturated heterocycles. The number of carbonyl (C=O) groups is 1. The molecule has 0 atom stereocenters. The molecule has 0 aliphatic rings. The van der Waals surface area contributed by atoms with Gasteiger partial charge in [0.25, 0.3) is 11.6 Å². The van der Waals surface area contributed by atoms with E-state index in [1.165, 1.54) is 6.07 Å². The van der Waals surface area contributed by atoms with E-state index in [2.05, 4.69) is 5.32 Å². The van der Waals surface area contributed by atoms with E-state index >= 15 is 0 Å². The van der Waals surface area contributed by atoms with Crippen molar-refractivity contribution in [3.63, 3.8) is 0 Å². The summed E-state index contributed by atoms with van der Waals surface area (Å²) in [6.07, 6.45) is 0. The predicted molar refractivity (Wildman–Crippen MR) is 103 cm³/mol. The Hall–Kier alpha value is -3.67. The van der Waals surface area contributed by atoms with Crippen LogP contribution < -0.4 is 10.1 Å². The van der Waals surface area contributed by atoms with E-state index in [0.717, 1.165) is 5.56 Å². The molecule has 3 aromatic rings. The first-order valence-corrected chi connectivity index (χ1v) is 8.37. The molecule has 0 spiro atoms. The average Bonchev–Trinajstić information content (AvgIpc) is 2.67. The van der Waals surface area contributed by atoms with Gasteiger partial charge in [0.15, 0.2) is 0 Å². The van der Waals surface area contributed by atoms with Crippen molar-refractivity contribution in [2.75, 3.05) is 5.32 Å². The third-order valence-corrected chi connectivity index (χ3v) is 4.03. The molecule has 27 heavy (non-hydrogen) atoms. The van der Waals surface area contributed by atoms with Gasteiger partial charge in [-0.2, -0.15) is 0 Å². The number of para-hydroxylation sites is 1. The molecule has 0 aliphatic carbocycles. The van der Waals surface area contributed by atoms with Crippen LogP contribution in [0.2, 0.25) is 0 Å². The van der Waals surface area contributed by atoms with Crippen LogP contribution in [0.1, 0.15) is 21.5 Å². The maximum Gasteiger partial charge on any atom is 0.285 e. The normalized spacial score (nSPS) is 10.3. The molecular weight excluding hydrogens is 344 g/mol. The zero-order valence-electron chi connectivity index (χ0n) is 14.7. The molecular formula is C21H18N2O4. The number of carbonyl (C=O) groups excluding carboxylic acids is 1. The van der Waals surface area contributed by atoms with Gasteiger partial charge in [0.05, 0.1) is 4.92 Å². The van der Waals surface area contributed by atoms with Crippen molar-refractivity contribution in [1.29, 1.82) is 0 Å². The topological polar surface area (TPSA) is 81.5 Å². The van der Waals surface area contributed by atoms with Crippen molar-refractivity contribution in [3.8, 4) is 5.75 Å². The first-order valence-electron chi connectivity index (χ1n) is 8.37. The number of nitro benzene ring substituents is 1. The first-order chi connectivity index (χ1) is 13.0. The maximum atomic E-state index is 12.4. The van der Waals surface area contributed by atoms with Crippen LogP contribution in [-0.2, 0) is 6.61 Å². The Balaban J connectivity index is 1.67. The minimum Gasteiger partial charge on any atom is -0.489 e. The molecule has 6 heteroatoms. The molecule has 0 saturated carbocycles. The number of hydrogen-bond acceptors (Lipinski definition) is 4. The monoisotopic (exact) mass is 362 g/mol. The molecule has 0 bridgehead atoms. The van der Waals surface area contributed by atoms with Crippen molar-refractivity contribution in [3.05, 3.63) is 99.6 Å². The van der Waals surface area contributed by atoms with Gasteiger partial charge in [0, 0.05) is 11.3 Å². The van der Waals surface area contributed by atoms with Gasteiger partial charge in [-0.1, -0.05) is 42.5 Å². The van der Waals surface area contributed by atoms with Crippen LogP contribution >= 0.6 is 0 Å². The fraction of sp³-hybridized carbons (Fsp3) is 0.0952. The fourth-order valence-electron chi connectivity index (χ4n) is 2.66. The molecule has 3 aromatic carbocycles. The van der Waals surface area contributed by atoms with Crippen molar-refractivity contribution in [2.24, 2.45) is 0 Å². The summed E-state index contributed by atoms with van der Waals surface area (Å²) in [5.41, 5.74) is 1.88. The van der Waals surface area contributed by atoms with Gasteiger partial charge in [-0.25, -0.2) is 0 Å². The van der Waals surface area contributed by atoms with E-state index < -0.39 is 10.8 Å². The summed E-state index contributed by atoms with van der Waals surface area (Å²) >= 11 is 0. The Morgan fingerprint density at radius 3 is 2.37 bits per heavy atom. The van der Waals surface area contributed by atoms with Crippen molar-refractivity contribution >= 4 is 17.3 Å². The van der Waals surface area contributed by atoms with Crippen LogP contribution in [0.15, 0.2) is 72.8 Å². The zero-order chi connectivity index (χ0) is 19.2. The number of ether oxygens (including phenoxy) is 1. The van der Waals surface area contributed by atoms with Gasteiger partial charge in [0.1, 0.15) is 17.9 Å². The van der Waals surface area contributed by atoms with Crippen LogP contribution in [0, 0.1) is 17.0 Å². The number of anilines is 1. The zero-order valence-corrected chi connectivity index (χ0v) is 14.7. The number of aryl methyl sites for hydroxylation is 1. The highest BCUT2D eigenvalue weighted by Gasteiger charge is 2.22. The molecule has 0 heterocycles. The molecule has 6 nitrogen and oxygen atoms in total. The quantitative estimate of drug-likeness (QED) is 0.507. The van der Waals surface area contributed by atoms with Crippen molar-refractivity contribution in [1.82, 2.24) is 0 Å². The molecule has 1 amide bonds. The van der Waals surface area contributed by atoms with Crippen LogP contribution in [-0.4, -0.2) is 10.8 Å². The Morgan fingerprint density at radius 1 is 1.00 bits per heavy atom. The highest BCUT2D eigenvalue weighted by atomic mass is 16.6. The number of nitro groups is 1. The van der Waals surface area contributed by atoms with Crippen LogP contribution in [0.4, 0.5) is 11.4 Å². The SMILES string of the molecule is Cc1cccc(C(=O)Nc2ccc(OCc3ccccc3)cc2)c1[N+](=O)[O-]. The van der Waals surface area contributed by atoms with Gasteiger partial charge in [0.2, 0.25) is 0 Å². The predicted octanol–water partition coefficient (Wildman–Crippen LogP) is 4.73. The number of nitrogens with zero attached hydrogens (tertiary/aromatic N) is 1. The van der Waals surface area contributed by atoms with Crippen molar-refractivity contribution in [2.45, 2.75) is 13.5 Å². The highest BCUT2D eigenvalue weighted by Crippen LogP contribution is 2.24. The van der Waals surface area contributed by atoms with E-state index in [0.29, 0.717) is 23.6 Å². The van der Waals surface area contributed by atoms with E-state index in [-0.39, 0.29) is 11.3 Å². The Bertz CT molecular complexity index is 954. The summed E-state index contributed by atoms with van der Waals surface area (Å²) in [4.78, 5) is 23.1. The summed E-state index contributed by atoms with van der Waals surface area (Å²) in [5, 5.41) is 13.9. The molecule has 0 aliphatic heterocycles. The fourth-order valence-corrected chi connectivity index (χ4v) is 2.66. The van der Waals surface area contributed by atoms with Gasteiger partial charge < -0.3 is 10.1 Å². The van der Waals surface area contributed by atoms with E-state index in [1.807, 2.05) is 30.3 Å². The van der Waals surface area contributed by atoms with Crippen LogP contribution in [0.5, 0.6) is 5.75 Å². The summed E-state index contributed by atoms with van der Waals surface area (Å²) in [6, 6.07) is 21.3. The molecule has 1 N–H and O–H groups in total. The first kappa shape index (κ1) is 18.1. The second-order valence-electron chi connectivity index (χ2n) is 5.98. The lowest BCUT2D eigenvalue weighted by molar-refractivity contribution is -0.385. The largest absolute Gasteiger partial charge is 0.489 e. The van der Waals surface area contributed by atoms with Crippen molar-refractivity contribution < 1.29 is 14.5 Å². The number of benzene rings is 3. The van der Waals surface area contributed by atoms with E-state index in [4.69, 9.17) is 4.74 Å². The number of hydrogen-bond donors (Lipinski definition) is 1. The lowest BCUT2D eigenvalue weighted by Gasteiger charge is -2.09. The van der Waals surface area contributed by atoms with Gasteiger partial charge in [-0.3, -0.25) is 14.9 Å². The summed E-state index contributed by atoms with van der Waals surface area (Å²) in [5.74, 6) is 0.141. The minimum atomic E-state index is -0.537. The van der Waals surface area contributed by atoms with Gasteiger partial charge >= 0.3 is 0 Å². The Kier molecular flexibility index (Phi) is 5.47. The Morgan fingerprint density at radius 2 is 1.70 bits per heavy atom. The van der Waals surface area contributed by atoms with E-state index in [9.17, 15) is 14.9 Å². The molecule has 0 unspecified atom stereocenters. The highest BCUT2D eigenvalue weighted by molar-refractivity contribution is 6.07. The second kappa shape index (κ2) is 8.14. The van der Waals surface area contributed by atoms with Crippen LogP contribution in [0.3, 0.4) is 0 Å². The Labute approximate surface area is 156 Å². The molecule has 0 aromatic heterocycles. The molecule has 0 radical (unpaired) electrons. The summed E-state index contributed by atoms with van der Waals surface area (Å²) < 4.78 is 5.70. The smallest absolute Gasteiger partial charge is 0.285 e. The van der Waals surface area contributed by atoms with E-state index in [1.54, 1.807) is 43.3 Å². The number of amides is 1. The number of nitrogens with one attached hydrogen (secondary N) is 1. The molecule has 0 fully saturated rings. The number of rotatable bonds is 6. The van der Waals surface area contributed by atoms with Gasteiger partial charge in [-0.15, -0.1) is 0 Å². The molecule has 3 rings (SSSR count). The summed E-state index contributed by atoms with van der Waals surface area (Å²) in [6.45, 7) is 2.05. The standard InChI is InChI=1S/C21H18N2O4/c1-15-6-5-9-19(20(15)23(25)26)21(24)22-17-10-12-18(13-11-17)27-14-16-7-3-2-4-8-16/h2-13H,14H2,1H3,(H,22,24). The van der Waals surface area contributed by atoms with Crippen LogP contribution in [0.25, 0.3) is 0 Å². The lowest BCUT2D eigenvalue weighted by atomic mass is 10.1. The second-order valence-corrected chi connectivity index (χ2v) is 5.98. The minimum absolute atomic E-state index is 0.0319. The summed E-state index contributed by atoms with van der Waals surface area (Å²) in [7, 11) is 0. The average molecular weight is 362 g/mol. The lowest BCUT2D eigenvalue weighted by Crippen LogP contribution is -2.14. The molecule has 136 valence electrons. The third-order valence-electron chi connectivity index (χ3n) is 4.03.